The van der Waals surface area contributed by atoms with E-state index in [1.165, 1.54) is 10.9 Å². The summed E-state index contributed by atoms with van der Waals surface area (Å²) in [4.78, 5) is 24.0. The Bertz CT molecular complexity index is 967. The lowest BCUT2D eigenvalue weighted by Gasteiger charge is -2.28. The molecule has 0 radical (unpaired) electrons. The van der Waals surface area contributed by atoms with Gasteiger partial charge in [-0.05, 0) is 12.3 Å². The number of aliphatic hydroxyl groups is 3. The first-order valence-electron chi connectivity index (χ1n) is 9.25. The number of aromatic nitrogens is 4. The highest BCUT2D eigenvalue weighted by molar-refractivity contribution is 5.82. The van der Waals surface area contributed by atoms with E-state index in [4.69, 9.17) is 16.2 Å². The summed E-state index contributed by atoms with van der Waals surface area (Å²) in [7, 11) is 0. The molecule has 156 valence electrons. The highest BCUT2D eigenvalue weighted by Crippen LogP contribution is 2.40. The number of unbranched alkanes of at least 4 members (excludes halogenated alkanes) is 2. The van der Waals surface area contributed by atoms with Crippen LogP contribution in [0.5, 0.6) is 0 Å². The summed E-state index contributed by atoms with van der Waals surface area (Å²) in [6, 6.07) is 0. The van der Waals surface area contributed by atoms with Crippen molar-refractivity contribution in [3.05, 3.63) is 12.2 Å². The predicted octanol–water partition coefficient (Wildman–Crippen LogP) is -1.19. The molecule has 7 N–H and O–H groups in total. The molecule has 1 fully saturated rings. The van der Waals surface area contributed by atoms with Crippen LogP contribution in [0.3, 0.4) is 0 Å². The van der Waals surface area contributed by atoms with E-state index in [1.807, 2.05) is 0 Å². The summed E-state index contributed by atoms with van der Waals surface area (Å²) >= 11 is 0. The number of hydrogen-bond acceptors (Lipinski definition) is 9. The molecule has 11 heteroatoms. The van der Waals surface area contributed by atoms with Crippen LogP contribution in [0.2, 0.25) is 0 Å². The van der Waals surface area contributed by atoms with E-state index in [0.29, 0.717) is 6.42 Å². The van der Waals surface area contributed by atoms with E-state index in [0.717, 1.165) is 12.8 Å². The fourth-order valence-corrected chi connectivity index (χ4v) is 3.28. The maximum atomic E-state index is 11.4. The van der Waals surface area contributed by atoms with Gasteiger partial charge in [-0.15, -0.1) is 0 Å². The van der Waals surface area contributed by atoms with Gasteiger partial charge in [0.1, 0.15) is 23.3 Å². The summed E-state index contributed by atoms with van der Waals surface area (Å²) < 4.78 is 7.07. The Kier molecular flexibility index (Phi) is 5.99. The number of carbonyl (C=O) groups is 1. The number of ether oxygens (including phenoxy) is 1. The third kappa shape index (κ3) is 3.88. The number of nitrogen functional groups attached to an aromatic ring is 1. The number of fused-ring (bicyclic) bond motifs is 1. The van der Waals surface area contributed by atoms with Crippen molar-refractivity contribution in [3.63, 3.8) is 0 Å². The fraction of sp³-hybridized carbons (Fsp3) is 0.556. The normalized spacial score (nSPS) is 26.4. The standard InChI is InChI=1S/C18H24N6O5/c1-2-3-4-5-6-11-22-15(20)12-16(23-11)24(9-21-12)17-13(27)14(28)18(8-25,29-17)7-10(19)26/h9,13-14,17,25,27-28H,2-4,7-8H2,1H3,(H2,19,26)(H2,20,22,23)/t13-,14+,17-,18-/m1/s1. The maximum absolute atomic E-state index is 11.4. The van der Waals surface area contributed by atoms with Gasteiger partial charge < -0.3 is 31.5 Å². The minimum Gasteiger partial charge on any atom is -0.393 e. The summed E-state index contributed by atoms with van der Waals surface area (Å²) in [5.74, 6) is 5.31. The number of nitrogens with zero attached hydrogens (tertiary/aromatic N) is 4. The molecular formula is C18H24N6O5. The van der Waals surface area contributed by atoms with Crippen LogP contribution in [-0.2, 0) is 9.53 Å². The van der Waals surface area contributed by atoms with E-state index in [-0.39, 0.29) is 22.8 Å². The second-order valence-corrected chi connectivity index (χ2v) is 6.97. The van der Waals surface area contributed by atoms with E-state index in [2.05, 4.69) is 33.7 Å². The van der Waals surface area contributed by atoms with Gasteiger partial charge in [0.05, 0.1) is 19.4 Å². The zero-order chi connectivity index (χ0) is 21.2. The molecule has 3 rings (SSSR count). The molecule has 1 aliphatic heterocycles. The maximum Gasteiger partial charge on any atom is 0.220 e. The molecular weight excluding hydrogens is 380 g/mol. The zero-order valence-corrected chi connectivity index (χ0v) is 15.9. The lowest BCUT2D eigenvalue weighted by atomic mass is 9.92. The van der Waals surface area contributed by atoms with Crippen LogP contribution in [0.15, 0.2) is 6.33 Å². The molecule has 0 aliphatic carbocycles. The fourth-order valence-electron chi connectivity index (χ4n) is 3.28. The van der Waals surface area contributed by atoms with Crippen LogP contribution in [0.25, 0.3) is 11.2 Å². The Labute approximate surface area is 166 Å². The first kappa shape index (κ1) is 20.9. The zero-order valence-electron chi connectivity index (χ0n) is 15.9. The predicted molar refractivity (Wildman–Crippen MR) is 102 cm³/mol. The quantitative estimate of drug-likeness (QED) is 0.292. The van der Waals surface area contributed by atoms with Gasteiger partial charge in [0, 0.05) is 6.42 Å². The number of amides is 1. The molecule has 3 heterocycles. The van der Waals surface area contributed by atoms with Crippen LogP contribution in [0.1, 0.15) is 44.7 Å². The summed E-state index contributed by atoms with van der Waals surface area (Å²) in [6.45, 7) is 1.34. The molecule has 2 aromatic heterocycles. The topological polar surface area (TPSA) is 183 Å². The average Bonchev–Trinajstić information content (AvgIpc) is 3.20. The van der Waals surface area contributed by atoms with E-state index >= 15 is 0 Å². The Morgan fingerprint density at radius 2 is 2.17 bits per heavy atom. The lowest BCUT2D eigenvalue weighted by Crippen LogP contribution is -2.48. The number of aliphatic hydroxyl groups excluding tert-OH is 3. The average molecular weight is 404 g/mol. The first-order valence-corrected chi connectivity index (χ1v) is 9.25. The van der Waals surface area contributed by atoms with Crippen LogP contribution >= 0.6 is 0 Å². The van der Waals surface area contributed by atoms with Crippen molar-refractivity contribution in [2.75, 3.05) is 12.3 Å². The van der Waals surface area contributed by atoms with Crippen molar-refractivity contribution in [2.45, 2.75) is 56.6 Å². The van der Waals surface area contributed by atoms with Gasteiger partial charge in [0.2, 0.25) is 11.7 Å². The number of rotatable bonds is 6. The molecule has 0 spiro atoms. The molecule has 0 saturated carbocycles. The van der Waals surface area contributed by atoms with Crippen LogP contribution in [-0.4, -0.2) is 65.2 Å². The van der Waals surface area contributed by atoms with Gasteiger partial charge >= 0.3 is 0 Å². The Morgan fingerprint density at radius 1 is 1.41 bits per heavy atom. The Hall–Kier alpha value is -2.78. The number of hydrogen-bond donors (Lipinski definition) is 5. The van der Waals surface area contributed by atoms with E-state index in [1.54, 1.807) is 0 Å². The Morgan fingerprint density at radius 3 is 2.83 bits per heavy atom. The van der Waals surface area contributed by atoms with Crippen molar-refractivity contribution in [2.24, 2.45) is 5.73 Å². The highest BCUT2D eigenvalue weighted by Gasteiger charge is 2.55. The second-order valence-electron chi connectivity index (χ2n) is 6.97. The van der Waals surface area contributed by atoms with Gasteiger partial charge in [-0.2, -0.15) is 0 Å². The van der Waals surface area contributed by atoms with E-state index in [9.17, 15) is 20.1 Å². The van der Waals surface area contributed by atoms with Crippen LogP contribution < -0.4 is 11.5 Å². The Balaban J connectivity index is 2.00. The van der Waals surface area contributed by atoms with Crippen molar-refractivity contribution in [1.29, 1.82) is 0 Å². The van der Waals surface area contributed by atoms with Gasteiger partial charge in [0.25, 0.3) is 0 Å². The smallest absolute Gasteiger partial charge is 0.220 e. The number of carbonyl (C=O) groups excluding carboxylic acids is 1. The lowest BCUT2D eigenvalue weighted by molar-refractivity contribution is -0.147. The number of nitrogens with two attached hydrogens (primary N) is 2. The molecule has 0 bridgehead atoms. The second kappa shape index (κ2) is 8.30. The van der Waals surface area contributed by atoms with Crippen molar-refractivity contribution in [3.8, 4) is 11.8 Å². The van der Waals surface area contributed by atoms with Crippen molar-refractivity contribution in [1.82, 2.24) is 19.5 Å². The number of primary amides is 1. The van der Waals surface area contributed by atoms with Gasteiger partial charge in [0.15, 0.2) is 17.7 Å². The van der Waals surface area contributed by atoms with Gasteiger partial charge in [-0.1, -0.05) is 19.3 Å². The molecule has 2 aromatic rings. The summed E-state index contributed by atoms with van der Waals surface area (Å²) in [5, 5.41) is 30.7. The van der Waals surface area contributed by atoms with Crippen molar-refractivity contribution < 1.29 is 24.9 Å². The summed E-state index contributed by atoms with van der Waals surface area (Å²) in [5.41, 5.74) is 9.93. The molecule has 1 amide bonds. The number of imidazole rings is 1. The highest BCUT2D eigenvalue weighted by atomic mass is 16.6. The minimum absolute atomic E-state index is 0.104. The molecule has 29 heavy (non-hydrogen) atoms. The largest absolute Gasteiger partial charge is 0.393 e. The van der Waals surface area contributed by atoms with Crippen LogP contribution in [0, 0.1) is 11.8 Å². The monoisotopic (exact) mass is 404 g/mol. The molecule has 11 nitrogen and oxygen atoms in total. The van der Waals surface area contributed by atoms with E-state index < -0.39 is 43.0 Å². The molecule has 1 aliphatic rings. The number of anilines is 1. The van der Waals surface area contributed by atoms with Gasteiger partial charge in [-0.3, -0.25) is 9.36 Å². The minimum atomic E-state index is -1.74. The molecule has 0 aromatic carbocycles. The first-order chi connectivity index (χ1) is 13.8. The SMILES string of the molecule is CCCCC#Cc1nc(N)c2ncn([C@@H]3O[C@@](CO)(CC(N)=O)[C@@H](O)[C@H]3O)c2n1. The third-order valence-electron chi connectivity index (χ3n) is 4.83. The third-order valence-corrected chi connectivity index (χ3v) is 4.83. The summed E-state index contributed by atoms with van der Waals surface area (Å²) in [6.07, 6.45) is -0.717. The van der Waals surface area contributed by atoms with Crippen molar-refractivity contribution >= 4 is 22.9 Å². The molecule has 4 atom stereocenters. The van der Waals surface area contributed by atoms with Gasteiger partial charge in [-0.25, -0.2) is 15.0 Å². The molecule has 0 unspecified atom stereocenters. The van der Waals surface area contributed by atoms with Crippen LogP contribution in [0.4, 0.5) is 5.82 Å². The molecule has 1 saturated heterocycles.